The van der Waals surface area contributed by atoms with Crippen LogP contribution in [0.5, 0.6) is 0 Å². The number of piperidine rings is 1. The molecule has 4 N–H and O–H groups in total. The van der Waals surface area contributed by atoms with Crippen LogP contribution in [-0.4, -0.2) is 39.8 Å². The molecule has 0 amide bonds. The van der Waals surface area contributed by atoms with Crippen molar-refractivity contribution in [3.8, 4) is 0 Å². The highest BCUT2D eigenvalue weighted by molar-refractivity contribution is 7.99. The number of nitrogen functional groups attached to an aromatic ring is 1. The Morgan fingerprint density at radius 1 is 1.25 bits per heavy atom. The zero-order chi connectivity index (χ0) is 19.9. The largest absolute Gasteiger partial charge is 0.382 e. The number of rotatable bonds is 3. The summed E-state index contributed by atoms with van der Waals surface area (Å²) in [6.45, 7) is 3.31. The fourth-order valence-electron chi connectivity index (χ4n) is 4.50. The van der Waals surface area contributed by atoms with Gasteiger partial charge in [0, 0.05) is 30.2 Å². The minimum atomic E-state index is -1.14. The van der Waals surface area contributed by atoms with Crippen molar-refractivity contribution in [3.05, 3.63) is 29.7 Å². The van der Waals surface area contributed by atoms with E-state index in [0.29, 0.717) is 23.7 Å². The van der Waals surface area contributed by atoms with E-state index in [2.05, 4.69) is 19.9 Å². The molecule has 2 atom stereocenters. The van der Waals surface area contributed by atoms with E-state index in [9.17, 15) is 4.39 Å². The fraction of sp³-hybridized carbons (Fsp3) is 0.526. The highest BCUT2D eigenvalue weighted by atomic mass is 35.5. The van der Waals surface area contributed by atoms with Crippen molar-refractivity contribution >= 4 is 35.0 Å². The van der Waals surface area contributed by atoms with Gasteiger partial charge in [0.05, 0.1) is 17.4 Å². The average Bonchev–Trinajstić information content (AvgIpc) is 2.88. The van der Waals surface area contributed by atoms with Crippen molar-refractivity contribution in [2.24, 2.45) is 11.1 Å². The van der Waals surface area contributed by atoms with Gasteiger partial charge in [-0.05, 0) is 44.1 Å². The monoisotopic (exact) mass is 422 g/mol. The molecule has 0 radical (unpaired) electrons. The lowest BCUT2D eigenvalue weighted by molar-refractivity contribution is 0.142. The normalized spacial score (nSPS) is 26.7. The van der Waals surface area contributed by atoms with Gasteiger partial charge in [-0.3, -0.25) is 0 Å². The third kappa shape index (κ3) is 3.77. The van der Waals surface area contributed by atoms with Crippen LogP contribution in [0.3, 0.4) is 0 Å². The molecule has 1 saturated carbocycles. The standard InChI is InChI=1S/C19H24ClFN6S/c1-18(21)8-13(22)19(11-18)3-6-27(7-4-19)14-9-26-15(10-25-14)28-12-2-5-24-17(23)16(12)20/h2,5,9-10,13H,3-4,6-8,11,22H2,1H3,(H2,23,24)/t13-,18?/m1/s1. The first-order valence-corrected chi connectivity index (χ1v) is 10.6. The Bertz CT molecular complexity index is 854. The molecule has 4 rings (SSSR count). The van der Waals surface area contributed by atoms with Crippen LogP contribution in [0.2, 0.25) is 5.02 Å². The molecule has 1 aliphatic heterocycles. The predicted molar refractivity (Wildman–Crippen MR) is 110 cm³/mol. The van der Waals surface area contributed by atoms with Crippen LogP contribution in [0.25, 0.3) is 0 Å². The van der Waals surface area contributed by atoms with Gasteiger partial charge in [0.15, 0.2) is 0 Å². The van der Waals surface area contributed by atoms with E-state index in [1.807, 2.05) is 0 Å². The Morgan fingerprint density at radius 3 is 2.61 bits per heavy atom. The second-order valence-corrected chi connectivity index (χ2v) is 9.51. The quantitative estimate of drug-likeness (QED) is 0.778. The van der Waals surface area contributed by atoms with Crippen LogP contribution < -0.4 is 16.4 Å². The van der Waals surface area contributed by atoms with E-state index in [0.717, 1.165) is 41.7 Å². The molecule has 1 spiro atoms. The van der Waals surface area contributed by atoms with Gasteiger partial charge >= 0.3 is 0 Å². The van der Waals surface area contributed by atoms with Crippen molar-refractivity contribution in [2.75, 3.05) is 23.7 Å². The number of hydrogen-bond acceptors (Lipinski definition) is 7. The summed E-state index contributed by atoms with van der Waals surface area (Å²) in [5.74, 6) is 1.13. The Hall–Kier alpha value is -1.64. The number of pyridine rings is 1. The van der Waals surface area contributed by atoms with Crippen molar-refractivity contribution in [1.29, 1.82) is 0 Å². The lowest BCUT2D eigenvalue weighted by atomic mass is 9.74. The van der Waals surface area contributed by atoms with Gasteiger partial charge in [0.1, 0.15) is 22.3 Å². The molecule has 1 unspecified atom stereocenters. The first-order valence-electron chi connectivity index (χ1n) is 9.37. The molecule has 1 aliphatic carbocycles. The van der Waals surface area contributed by atoms with Crippen LogP contribution in [-0.2, 0) is 0 Å². The summed E-state index contributed by atoms with van der Waals surface area (Å²) in [4.78, 5) is 16.0. The molecular weight excluding hydrogens is 399 g/mol. The Balaban J connectivity index is 1.41. The summed E-state index contributed by atoms with van der Waals surface area (Å²) in [7, 11) is 0. The second-order valence-electron chi connectivity index (χ2n) is 8.07. The van der Waals surface area contributed by atoms with E-state index in [1.165, 1.54) is 11.8 Å². The minimum absolute atomic E-state index is 0.0629. The molecule has 2 fully saturated rings. The van der Waals surface area contributed by atoms with Crippen LogP contribution in [0.15, 0.2) is 34.6 Å². The Labute approximate surface area is 173 Å². The molecule has 28 heavy (non-hydrogen) atoms. The molecule has 2 aromatic heterocycles. The third-order valence-electron chi connectivity index (χ3n) is 5.95. The van der Waals surface area contributed by atoms with Gasteiger partial charge in [-0.15, -0.1) is 0 Å². The van der Waals surface area contributed by atoms with Crippen molar-refractivity contribution < 1.29 is 4.39 Å². The van der Waals surface area contributed by atoms with Gasteiger partial charge in [-0.1, -0.05) is 23.4 Å². The maximum atomic E-state index is 14.4. The number of halogens is 2. The Morgan fingerprint density at radius 2 is 2.00 bits per heavy atom. The second kappa shape index (κ2) is 7.31. The fourth-order valence-corrected chi connectivity index (χ4v) is 5.49. The number of aromatic nitrogens is 3. The first kappa shape index (κ1) is 19.7. The molecule has 1 saturated heterocycles. The first-order chi connectivity index (χ1) is 13.3. The molecular formula is C19H24ClFN6S. The number of anilines is 2. The van der Waals surface area contributed by atoms with Crippen LogP contribution in [0.1, 0.15) is 32.6 Å². The average molecular weight is 423 g/mol. The summed E-state index contributed by atoms with van der Waals surface area (Å²) < 4.78 is 14.4. The van der Waals surface area contributed by atoms with Crippen LogP contribution >= 0.6 is 23.4 Å². The molecule has 6 nitrogen and oxygen atoms in total. The lowest BCUT2D eigenvalue weighted by Gasteiger charge is -2.42. The molecule has 0 aromatic carbocycles. The van der Waals surface area contributed by atoms with Gasteiger partial charge < -0.3 is 16.4 Å². The summed E-state index contributed by atoms with van der Waals surface area (Å²) in [6.07, 6.45) is 7.91. The zero-order valence-electron chi connectivity index (χ0n) is 15.7. The van der Waals surface area contributed by atoms with Crippen molar-refractivity contribution in [1.82, 2.24) is 15.0 Å². The van der Waals surface area contributed by atoms with E-state index in [4.69, 9.17) is 23.1 Å². The van der Waals surface area contributed by atoms with E-state index >= 15 is 0 Å². The number of nitrogens with two attached hydrogens (primary N) is 2. The molecule has 3 heterocycles. The van der Waals surface area contributed by atoms with Crippen molar-refractivity contribution in [3.63, 3.8) is 0 Å². The topological polar surface area (TPSA) is 94.0 Å². The van der Waals surface area contributed by atoms with E-state index < -0.39 is 5.67 Å². The summed E-state index contributed by atoms with van der Waals surface area (Å²) in [5.41, 5.74) is 10.8. The Kier molecular flexibility index (Phi) is 5.14. The molecule has 2 aromatic rings. The molecule has 150 valence electrons. The zero-order valence-corrected chi connectivity index (χ0v) is 17.3. The summed E-state index contributed by atoms with van der Waals surface area (Å²) >= 11 is 7.58. The summed E-state index contributed by atoms with van der Waals surface area (Å²) in [6, 6.07) is 1.74. The number of hydrogen-bond donors (Lipinski definition) is 2. The smallest absolute Gasteiger partial charge is 0.147 e. The van der Waals surface area contributed by atoms with Gasteiger partial charge in [-0.25, -0.2) is 19.3 Å². The SMILES string of the molecule is CC1(F)C[C@@H](N)C2(CCN(c3cnc(Sc4ccnc(N)c4Cl)cn3)CC2)C1. The summed E-state index contributed by atoms with van der Waals surface area (Å²) in [5, 5.41) is 1.16. The van der Waals surface area contributed by atoms with Gasteiger partial charge in [0.2, 0.25) is 0 Å². The minimum Gasteiger partial charge on any atom is -0.382 e. The maximum absolute atomic E-state index is 14.4. The molecule has 2 aliphatic rings. The lowest BCUT2D eigenvalue weighted by Crippen LogP contribution is -2.47. The van der Waals surface area contributed by atoms with Crippen molar-refractivity contribution in [2.45, 2.75) is 54.2 Å². The highest BCUT2D eigenvalue weighted by Crippen LogP contribution is 2.51. The maximum Gasteiger partial charge on any atom is 0.147 e. The molecule has 0 bridgehead atoms. The van der Waals surface area contributed by atoms with Gasteiger partial charge in [0.25, 0.3) is 0 Å². The van der Waals surface area contributed by atoms with Gasteiger partial charge in [-0.2, -0.15) is 0 Å². The number of nitrogens with zero attached hydrogens (tertiary/aromatic N) is 4. The van der Waals surface area contributed by atoms with E-state index in [-0.39, 0.29) is 11.5 Å². The van der Waals surface area contributed by atoms with Crippen LogP contribution in [0, 0.1) is 5.41 Å². The third-order valence-corrected chi connectivity index (χ3v) is 7.44. The van der Waals surface area contributed by atoms with Crippen LogP contribution in [0.4, 0.5) is 16.0 Å². The highest BCUT2D eigenvalue weighted by Gasteiger charge is 2.52. The number of alkyl halides is 1. The molecule has 9 heteroatoms. The van der Waals surface area contributed by atoms with E-state index in [1.54, 1.807) is 31.6 Å². The predicted octanol–water partition coefficient (Wildman–Crippen LogP) is 3.69.